The molecule has 134 valence electrons. The molecule has 0 bridgehead atoms. The van der Waals surface area contributed by atoms with Crippen molar-refractivity contribution in [2.75, 3.05) is 19.7 Å². The molecule has 1 aromatic heterocycles. The number of para-hydroxylation sites is 1. The van der Waals surface area contributed by atoms with E-state index in [1.54, 1.807) is 0 Å². The van der Waals surface area contributed by atoms with Gasteiger partial charge < -0.3 is 14.6 Å². The van der Waals surface area contributed by atoms with E-state index in [1.165, 1.54) is 0 Å². The van der Waals surface area contributed by atoms with E-state index in [2.05, 4.69) is 47.8 Å². The van der Waals surface area contributed by atoms with Crippen molar-refractivity contribution in [3.05, 3.63) is 62.7 Å². The number of ketones is 1. The Morgan fingerprint density at radius 1 is 1.15 bits per heavy atom. The minimum atomic E-state index is 0.0201. The van der Waals surface area contributed by atoms with Crippen molar-refractivity contribution < 1.29 is 9.53 Å². The number of hydrogen-bond acceptors (Lipinski definition) is 3. The molecule has 0 atom stereocenters. The van der Waals surface area contributed by atoms with Crippen LogP contribution in [0.25, 0.3) is 10.9 Å². The molecule has 4 rings (SSSR count). The number of aromatic nitrogens is 1. The molecule has 6 heteroatoms. The maximum absolute atomic E-state index is 13.1. The first-order chi connectivity index (χ1) is 12.6. The molecule has 3 aromatic rings. The topological polar surface area (TPSA) is 43.3 Å². The average molecular weight is 478 g/mol. The second-order valence-corrected chi connectivity index (χ2v) is 8.05. The highest BCUT2D eigenvalue weighted by molar-refractivity contribution is 9.11. The Bertz CT molecular complexity index is 981. The molecule has 1 aliphatic heterocycles. The Hall–Kier alpha value is -1.63. The molecule has 0 aliphatic carbocycles. The Morgan fingerprint density at radius 2 is 2.00 bits per heavy atom. The standard InChI is InChI=1S/C20H18Br2N2O2/c21-13-5-6-19(15(22)11-13)26-12-18(25)20-14-3-1-2-4-16(14)24-10-9-23-8-7-17(20)24/h1-6,11,23H,7-10,12H2. The fourth-order valence-electron chi connectivity index (χ4n) is 3.51. The highest BCUT2D eigenvalue weighted by Gasteiger charge is 2.23. The van der Waals surface area contributed by atoms with Crippen LogP contribution in [0.5, 0.6) is 5.75 Å². The lowest BCUT2D eigenvalue weighted by molar-refractivity contribution is 0.0921. The Labute approximate surface area is 168 Å². The molecule has 1 N–H and O–H groups in total. The van der Waals surface area contributed by atoms with Crippen LogP contribution < -0.4 is 10.1 Å². The third-order valence-corrected chi connectivity index (χ3v) is 5.77. The summed E-state index contributed by atoms with van der Waals surface area (Å²) < 4.78 is 9.86. The normalized spacial score (nSPS) is 14.1. The fourth-order valence-corrected chi connectivity index (χ4v) is 4.67. The van der Waals surface area contributed by atoms with Crippen LogP contribution in [0.15, 0.2) is 51.4 Å². The average Bonchev–Trinajstić information content (AvgIpc) is 2.77. The molecule has 26 heavy (non-hydrogen) atoms. The predicted molar refractivity (Wildman–Crippen MR) is 110 cm³/mol. The summed E-state index contributed by atoms with van der Waals surface area (Å²) in [4.78, 5) is 13.1. The van der Waals surface area contributed by atoms with Gasteiger partial charge in [0.1, 0.15) is 5.75 Å². The molecule has 0 spiro atoms. The van der Waals surface area contributed by atoms with E-state index in [4.69, 9.17) is 4.74 Å². The zero-order valence-electron chi connectivity index (χ0n) is 14.1. The molecule has 2 aromatic carbocycles. The van der Waals surface area contributed by atoms with Crippen LogP contribution in [0, 0.1) is 0 Å². The van der Waals surface area contributed by atoms with Gasteiger partial charge in [-0.15, -0.1) is 0 Å². The van der Waals surface area contributed by atoms with Crippen molar-refractivity contribution in [1.82, 2.24) is 9.88 Å². The Balaban J connectivity index is 1.67. The van der Waals surface area contributed by atoms with E-state index < -0.39 is 0 Å². The van der Waals surface area contributed by atoms with Gasteiger partial charge in [-0.1, -0.05) is 34.1 Å². The van der Waals surface area contributed by atoms with Crippen molar-refractivity contribution >= 4 is 48.5 Å². The van der Waals surface area contributed by atoms with E-state index in [9.17, 15) is 4.79 Å². The second-order valence-electron chi connectivity index (χ2n) is 6.28. The zero-order valence-corrected chi connectivity index (χ0v) is 17.3. The number of nitrogens with zero attached hydrogens (tertiary/aromatic N) is 1. The Morgan fingerprint density at radius 3 is 2.85 bits per heavy atom. The number of benzene rings is 2. The molecule has 0 amide bonds. The highest BCUT2D eigenvalue weighted by Crippen LogP contribution is 2.30. The molecule has 2 heterocycles. The number of halogens is 2. The largest absolute Gasteiger partial charge is 0.484 e. The molecular formula is C20H18Br2N2O2. The number of nitrogens with one attached hydrogen (secondary N) is 1. The van der Waals surface area contributed by atoms with Crippen LogP contribution in [0.3, 0.4) is 0 Å². The smallest absolute Gasteiger partial charge is 0.202 e. The lowest BCUT2D eigenvalue weighted by Crippen LogP contribution is -2.17. The summed E-state index contributed by atoms with van der Waals surface area (Å²) in [7, 11) is 0. The number of ether oxygens (including phenoxy) is 1. The minimum Gasteiger partial charge on any atom is -0.484 e. The number of carbonyl (C=O) groups excluding carboxylic acids is 1. The quantitative estimate of drug-likeness (QED) is 0.559. The zero-order chi connectivity index (χ0) is 18.1. The summed E-state index contributed by atoms with van der Waals surface area (Å²) in [6.45, 7) is 2.70. The van der Waals surface area contributed by atoms with E-state index in [-0.39, 0.29) is 12.4 Å². The highest BCUT2D eigenvalue weighted by atomic mass is 79.9. The molecule has 0 unspecified atom stereocenters. The van der Waals surface area contributed by atoms with Crippen LogP contribution in [-0.4, -0.2) is 30.0 Å². The van der Waals surface area contributed by atoms with Gasteiger partial charge in [-0.3, -0.25) is 4.79 Å². The fraction of sp³-hybridized carbons (Fsp3) is 0.250. The van der Waals surface area contributed by atoms with E-state index in [0.29, 0.717) is 5.75 Å². The molecule has 0 saturated heterocycles. The first-order valence-electron chi connectivity index (χ1n) is 8.57. The van der Waals surface area contributed by atoms with E-state index >= 15 is 0 Å². The van der Waals surface area contributed by atoms with Gasteiger partial charge in [-0.05, 0) is 40.2 Å². The first-order valence-corrected chi connectivity index (χ1v) is 10.2. The Kier molecular flexibility index (Phi) is 5.16. The summed E-state index contributed by atoms with van der Waals surface area (Å²) in [5, 5.41) is 4.43. The molecule has 0 radical (unpaired) electrons. The van der Waals surface area contributed by atoms with E-state index in [1.807, 2.05) is 36.4 Å². The van der Waals surface area contributed by atoms with Crippen molar-refractivity contribution in [1.29, 1.82) is 0 Å². The summed E-state index contributed by atoms with van der Waals surface area (Å²) in [5.74, 6) is 0.685. The van der Waals surface area contributed by atoms with Crippen molar-refractivity contribution in [3.8, 4) is 5.75 Å². The third-order valence-electron chi connectivity index (χ3n) is 4.66. The van der Waals surface area contributed by atoms with Gasteiger partial charge in [0.2, 0.25) is 5.78 Å². The number of fused-ring (bicyclic) bond motifs is 3. The van der Waals surface area contributed by atoms with Gasteiger partial charge in [0.05, 0.1) is 10.0 Å². The van der Waals surface area contributed by atoms with Gasteiger partial charge in [0.15, 0.2) is 6.61 Å². The maximum Gasteiger partial charge on any atom is 0.202 e. The monoisotopic (exact) mass is 476 g/mol. The third kappa shape index (κ3) is 3.33. The van der Waals surface area contributed by atoms with Gasteiger partial charge >= 0.3 is 0 Å². The molecule has 4 nitrogen and oxygen atoms in total. The lowest BCUT2D eigenvalue weighted by atomic mass is 10.1. The number of rotatable bonds is 4. The minimum absolute atomic E-state index is 0.0201. The maximum atomic E-state index is 13.1. The molecule has 0 saturated carbocycles. The van der Waals surface area contributed by atoms with Crippen LogP contribution in [-0.2, 0) is 13.0 Å². The number of Topliss-reactive ketones (excluding diaryl/α,β-unsaturated/α-hetero) is 1. The van der Waals surface area contributed by atoms with Gasteiger partial charge in [0, 0.05) is 47.1 Å². The summed E-state index contributed by atoms with van der Waals surface area (Å²) in [6.07, 6.45) is 0.845. The summed E-state index contributed by atoms with van der Waals surface area (Å²) in [5.41, 5.74) is 3.04. The summed E-state index contributed by atoms with van der Waals surface area (Å²) >= 11 is 6.90. The summed E-state index contributed by atoms with van der Waals surface area (Å²) in [6, 6.07) is 13.8. The van der Waals surface area contributed by atoms with Gasteiger partial charge in [-0.2, -0.15) is 0 Å². The molecule has 1 aliphatic rings. The predicted octanol–water partition coefficient (Wildman–Crippen LogP) is 4.57. The molecular weight excluding hydrogens is 460 g/mol. The van der Waals surface area contributed by atoms with Crippen LogP contribution in [0.2, 0.25) is 0 Å². The first kappa shape index (κ1) is 17.8. The van der Waals surface area contributed by atoms with Crippen molar-refractivity contribution in [3.63, 3.8) is 0 Å². The van der Waals surface area contributed by atoms with Crippen molar-refractivity contribution in [2.45, 2.75) is 13.0 Å². The van der Waals surface area contributed by atoms with Crippen LogP contribution >= 0.6 is 31.9 Å². The SMILES string of the molecule is O=C(COc1ccc(Br)cc1Br)c1c2n(c3ccccc13)CCNCC2. The van der Waals surface area contributed by atoms with Crippen molar-refractivity contribution in [2.24, 2.45) is 0 Å². The van der Waals surface area contributed by atoms with Gasteiger partial charge in [0.25, 0.3) is 0 Å². The number of hydrogen-bond donors (Lipinski definition) is 1. The lowest BCUT2D eigenvalue weighted by Gasteiger charge is -2.09. The van der Waals surface area contributed by atoms with Crippen LogP contribution in [0.4, 0.5) is 0 Å². The molecule has 0 fully saturated rings. The van der Waals surface area contributed by atoms with Gasteiger partial charge in [-0.25, -0.2) is 0 Å². The second kappa shape index (κ2) is 7.55. The van der Waals surface area contributed by atoms with Crippen LogP contribution in [0.1, 0.15) is 16.1 Å². The van der Waals surface area contributed by atoms with E-state index in [0.717, 1.165) is 57.2 Å². The number of carbonyl (C=O) groups is 1.